The van der Waals surface area contributed by atoms with E-state index in [9.17, 15) is 0 Å². The van der Waals surface area contributed by atoms with Crippen LogP contribution in [0.3, 0.4) is 0 Å². The Hall–Kier alpha value is -0.0800. The van der Waals surface area contributed by atoms with Crippen molar-refractivity contribution >= 4 is 0 Å². The van der Waals surface area contributed by atoms with Crippen LogP contribution in [0.15, 0.2) is 0 Å². The fraction of sp³-hybridized carbons (Fsp3) is 1.00. The third kappa shape index (κ3) is 4.97. The predicted octanol–water partition coefficient (Wildman–Crippen LogP) is 2.74. The number of nitrogens with one attached hydrogen (secondary N) is 1. The van der Waals surface area contributed by atoms with E-state index in [0.717, 1.165) is 17.8 Å². The molecule has 0 spiro atoms. The van der Waals surface area contributed by atoms with Crippen molar-refractivity contribution in [3.05, 3.63) is 0 Å². The molecule has 2 aliphatic carbocycles. The molecule has 0 aliphatic heterocycles. The SMILES string of the molecule is CC1CC1CN(C)CCNCC1CCCCC1. The molecule has 2 unspecified atom stereocenters. The normalized spacial score (nSPS) is 29.8. The van der Waals surface area contributed by atoms with E-state index in [0.29, 0.717) is 0 Å². The van der Waals surface area contributed by atoms with Crippen molar-refractivity contribution in [3.8, 4) is 0 Å². The van der Waals surface area contributed by atoms with Crippen molar-refractivity contribution in [2.75, 3.05) is 33.2 Å². The lowest BCUT2D eigenvalue weighted by molar-refractivity contribution is 0.297. The van der Waals surface area contributed by atoms with Gasteiger partial charge in [-0.25, -0.2) is 0 Å². The van der Waals surface area contributed by atoms with Crippen molar-refractivity contribution in [2.24, 2.45) is 17.8 Å². The Morgan fingerprint density at radius 3 is 2.53 bits per heavy atom. The lowest BCUT2D eigenvalue weighted by Gasteiger charge is -2.23. The van der Waals surface area contributed by atoms with Crippen molar-refractivity contribution < 1.29 is 0 Å². The molecule has 2 heteroatoms. The van der Waals surface area contributed by atoms with E-state index in [1.54, 1.807) is 0 Å². The smallest absolute Gasteiger partial charge is 0.0104 e. The fourth-order valence-electron chi connectivity index (χ4n) is 3.11. The van der Waals surface area contributed by atoms with Gasteiger partial charge in [-0.3, -0.25) is 0 Å². The average molecular weight is 238 g/mol. The lowest BCUT2D eigenvalue weighted by atomic mass is 9.89. The fourth-order valence-corrected chi connectivity index (χ4v) is 3.11. The maximum atomic E-state index is 3.65. The standard InChI is InChI=1S/C15H30N2/c1-13-10-15(13)12-17(2)9-8-16-11-14-6-4-3-5-7-14/h13-16H,3-12H2,1-2H3. The van der Waals surface area contributed by atoms with Crippen LogP contribution in [-0.2, 0) is 0 Å². The summed E-state index contributed by atoms with van der Waals surface area (Å²) in [7, 11) is 2.27. The van der Waals surface area contributed by atoms with Gasteiger partial charge in [0.25, 0.3) is 0 Å². The van der Waals surface area contributed by atoms with E-state index >= 15 is 0 Å². The van der Waals surface area contributed by atoms with Gasteiger partial charge in [-0.15, -0.1) is 0 Å². The Bertz CT molecular complexity index is 211. The van der Waals surface area contributed by atoms with Crippen molar-refractivity contribution in [1.29, 1.82) is 0 Å². The maximum Gasteiger partial charge on any atom is 0.0104 e. The highest BCUT2D eigenvalue weighted by molar-refractivity contribution is 4.84. The minimum absolute atomic E-state index is 0.970. The molecule has 0 aromatic carbocycles. The van der Waals surface area contributed by atoms with Crippen molar-refractivity contribution in [1.82, 2.24) is 10.2 Å². The molecule has 2 aliphatic rings. The van der Waals surface area contributed by atoms with Gasteiger partial charge >= 0.3 is 0 Å². The molecule has 0 radical (unpaired) electrons. The first kappa shape index (κ1) is 13.4. The van der Waals surface area contributed by atoms with Crippen molar-refractivity contribution in [3.63, 3.8) is 0 Å². The minimum Gasteiger partial charge on any atom is -0.315 e. The maximum absolute atomic E-state index is 3.65. The summed E-state index contributed by atoms with van der Waals surface area (Å²) in [6.07, 6.45) is 8.78. The van der Waals surface area contributed by atoms with Gasteiger partial charge < -0.3 is 10.2 Å². The van der Waals surface area contributed by atoms with Gasteiger partial charge in [-0.2, -0.15) is 0 Å². The van der Waals surface area contributed by atoms with Gasteiger partial charge in [0.1, 0.15) is 0 Å². The average Bonchev–Trinajstić information content (AvgIpc) is 3.02. The Kier molecular flexibility index (Phi) is 5.30. The molecule has 1 N–H and O–H groups in total. The van der Waals surface area contributed by atoms with E-state index in [2.05, 4.69) is 24.2 Å². The van der Waals surface area contributed by atoms with Crippen LogP contribution in [0, 0.1) is 17.8 Å². The van der Waals surface area contributed by atoms with Crippen LogP contribution in [0.2, 0.25) is 0 Å². The second-order valence-corrected chi connectivity index (χ2v) is 6.44. The summed E-state index contributed by atoms with van der Waals surface area (Å²) in [6.45, 7) is 7.34. The highest BCUT2D eigenvalue weighted by Crippen LogP contribution is 2.37. The van der Waals surface area contributed by atoms with Gasteiger partial charge in [0.05, 0.1) is 0 Å². The number of hydrogen-bond donors (Lipinski definition) is 1. The monoisotopic (exact) mass is 238 g/mol. The van der Waals surface area contributed by atoms with Crippen LogP contribution in [0.25, 0.3) is 0 Å². The zero-order valence-electron chi connectivity index (χ0n) is 11.8. The van der Waals surface area contributed by atoms with Crippen LogP contribution in [0.4, 0.5) is 0 Å². The Labute approximate surface area is 107 Å². The van der Waals surface area contributed by atoms with Crippen molar-refractivity contribution in [2.45, 2.75) is 45.4 Å². The molecule has 2 nitrogen and oxygen atoms in total. The van der Waals surface area contributed by atoms with Crippen LogP contribution in [0.1, 0.15) is 45.4 Å². The molecule has 2 atom stereocenters. The lowest BCUT2D eigenvalue weighted by Crippen LogP contribution is -2.33. The van der Waals surface area contributed by atoms with E-state index in [1.807, 2.05) is 0 Å². The first-order valence-electron chi connectivity index (χ1n) is 7.65. The zero-order valence-corrected chi connectivity index (χ0v) is 11.8. The van der Waals surface area contributed by atoms with Gasteiger partial charge in [0.15, 0.2) is 0 Å². The van der Waals surface area contributed by atoms with Crippen LogP contribution in [-0.4, -0.2) is 38.1 Å². The summed E-state index contributed by atoms with van der Waals surface area (Å²) in [5.41, 5.74) is 0. The van der Waals surface area contributed by atoms with Gasteiger partial charge in [-0.05, 0) is 50.6 Å². The highest BCUT2D eigenvalue weighted by Gasteiger charge is 2.32. The molecule has 0 bridgehead atoms. The Morgan fingerprint density at radius 1 is 1.18 bits per heavy atom. The number of hydrogen-bond acceptors (Lipinski definition) is 2. The Morgan fingerprint density at radius 2 is 1.88 bits per heavy atom. The molecular weight excluding hydrogens is 208 g/mol. The molecule has 0 amide bonds. The second-order valence-electron chi connectivity index (χ2n) is 6.44. The van der Waals surface area contributed by atoms with Gasteiger partial charge in [-0.1, -0.05) is 26.2 Å². The van der Waals surface area contributed by atoms with Crippen LogP contribution < -0.4 is 5.32 Å². The molecule has 17 heavy (non-hydrogen) atoms. The van der Waals surface area contributed by atoms with Crippen LogP contribution >= 0.6 is 0 Å². The molecule has 2 rings (SSSR count). The third-order valence-electron chi connectivity index (χ3n) is 4.65. The molecule has 100 valence electrons. The Balaban J connectivity index is 1.44. The predicted molar refractivity (Wildman–Crippen MR) is 74.2 cm³/mol. The molecule has 2 saturated carbocycles. The van der Waals surface area contributed by atoms with Gasteiger partial charge in [0, 0.05) is 19.6 Å². The highest BCUT2D eigenvalue weighted by atomic mass is 15.1. The first-order chi connectivity index (χ1) is 8.25. The topological polar surface area (TPSA) is 15.3 Å². The number of nitrogens with zero attached hydrogens (tertiary/aromatic N) is 1. The second kappa shape index (κ2) is 6.75. The zero-order chi connectivity index (χ0) is 12.1. The largest absolute Gasteiger partial charge is 0.315 e. The molecule has 0 heterocycles. The minimum atomic E-state index is 0.970. The molecular formula is C15H30N2. The van der Waals surface area contributed by atoms with E-state index in [4.69, 9.17) is 0 Å². The summed E-state index contributed by atoms with van der Waals surface area (Å²) in [5, 5.41) is 3.65. The summed E-state index contributed by atoms with van der Waals surface area (Å²) in [4.78, 5) is 2.50. The summed E-state index contributed by atoms with van der Waals surface area (Å²) < 4.78 is 0. The van der Waals surface area contributed by atoms with Gasteiger partial charge in [0.2, 0.25) is 0 Å². The summed E-state index contributed by atoms with van der Waals surface area (Å²) >= 11 is 0. The summed E-state index contributed by atoms with van der Waals surface area (Å²) in [6, 6.07) is 0. The molecule has 0 saturated heterocycles. The third-order valence-corrected chi connectivity index (χ3v) is 4.65. The van der Waals surface area contributed by atoms with E-state index < -0.39 is 0 Å². The quantitative estimate of drug-likeness (QED) is 0.686. The molecule has 0 aromatic rings. The number of rotatable bonds is 7. The van der Waals surface area contributed by atoms with E-state index in [-0.39, 0.29) is 0 Å². The molecule has 0 aromatic heterocycles. The van der Waals surface area contributed by atoms with Crippen LogP contribution in [0.5, 0.6) is 0 Å². The summed E-state index contributed by atoms with van der Waals surface area (Å²) in [5.74, 6) is 2.96. The van der Waals surface area contributed by atoms with E-state index in [1.165, 1.54) is 64.7 Å². The first-order valence-corrected chi connectivity index (χ1v) is 7.65. The molecule has 2 fully saturated rings. The number of likely N-dealkylation sites (N-methyl/N-ethyl adjacent to an activating group) is 1.